The fourth-order valence-corrected chi connectivity index (χ4v) is 3.39. The van der Waals surface area contributed by atoms with Crippen LogP contribution in [0.25, 0.3) is 0 Å². The molecule has 6 heteroatoms. The van der Waals surface area contributed by atoms with Crippen molar-refractivity contribution in [3.8, 4) is 0 Å². The van der Waals surface area contributed by atoms with Crippen LogP contribution in [0.15, 0.2) is 12.1 Å². The number of rotatable bonds is 2. The van der Waals surface area contributed by atoms with Gasteiger partial charge in [-0.3, -0.25) is 4.79 Å². The van der Waals surface area contributed by atoms with Crippen molar-refractivity contribution in [2.45, 2.75) is 37.8 Å². The van der Waals surface area contributed by atoms with Gasteiger partial charge >= 0.3 is 0 Å². The Balaban J connectivity index is 1.69. The summed E-state index contributed by atoms with van der Waals surface area (Å²) in [4.78, 5) is 14.6. The topological polar surface area (TPSA) is 58.4 Å². The van der Waals surface area contributed by atoms with Crippen LogP contribution in [0.1, 0.15) is 36.0 Å². The van der Waals surface area contributed by atoms with Crippen molar-refractivity contribution in [2.24, 2.45) is 0 Å². The van der Waals surface area contributed by atoms with E-state index in [1.165, 1.54) is 6.42 Å². The van der Waals surface area contributed by atoms with Crippen molar-refractivity contribution in [2.75, 3.05) is 18.8 Å². The number of halogens is 2. The summed E-state index contributed by atoms with van der Waals surface area (Å²) in [6, 6.07) is 2.29. The van der Waals surface area contributed by atoms with Crippen molar-refractivity contribution in [1.29, 1.82) is 0 Å². The number of benzene rings is 1. The van der Waals surface area contributed by atoms with Gasteiger partial charge in [-0.25, -0.2) is 8.78 Å². The van der Waals surface area contributed by atoms with Crippen LogP contribution in [-0.4, -0.2) is 36.0 Å². The summed E-state index contributed by atoms with van der Waals surface area (Å²) in [7, 11) is 0. The Labute approximate surface area is 122 Å². The van der Waals surface area contributed by atoms with Gasteiger partial charge < -0.3 is 16.0 Å². The number of hydrogen-bond donors (Lipinski definition) is 2. The molecule has 2 saturated heterocycles. The second kappa shape index (κ2) is 5.60. The van der Waals surface area contributed by atoms with Gasteiger partial charge in [0.25, 0.3) is 5.91 Å². The quantitative estimate of drug-likeness (QED) is 0.819. The maximum absolute atomic E-state index is 13.8. The maximum atomic E-state index is 13.8. The molecule has 2 aliphatic rings. The molecule has 21 heavy (non-hydrogen) atoms. The van der Waals surface area contributed by atoms with Crippen LogP contribution in [0.5, 0.6) is 0 Å². The minimum Gasteiger partial charge on any atom is -0.396 e. The fourth-order valence-electron chi connectivity index (χ4n) is 3.39. The number of carbonyl (C=O) groups excluding carboxylic acids is 1. The molecule has 2 atom stereocenters. The normalized spacial score (nSPS) is 25.6. The Morgan fingerprint density at radius 3 is 2.90 bits per heavy atom. The largest absolute Gasteiger partial charge is 0.396 e. The van der Waals surface area contributed by atoms with E-state index in [1.54, 1.807) is 0 Å². The Bertz CT molecular complexity index is 564. The minimum absolute atomic E-state index is 0.0146. The summed E-state index contributed by atoms with van der Waals surface area (Å²) in [5.74, 6) is -2.15. The molecule has 2 aliphatic heterocycles. The summed E-state index contributed by atoms with van der Waals surface area (Å²) in [6.07, 6.45) is 4.06. The number of anilines is 1. The average Bonchev–Trinajstić information content (AvgIpc) is 2.90. The molecule has 0 aliphatic carbocycles. The number of nitrogen functional groups attached to an aromatic ring is 1. The summed E-state index contributed by atoms with van der Waals surface area (Å²) in [5, 5.41) is 2.82. The molecule has 1 amide bonds. The molecular weight excluding hydrogens is 276 g/mol. The van der Waals surface area contributed by atoms with E-state index >= 15 is 0 Å². The van der Waals surface area contributed by atoms with E-state index in [9.17, 15) is 13.6 Å². The number of amides is 1. The van der Waals surface area contributed by atoms with Crippen molar-refractivity contribution < 1.29 is 13.6 Å². The van der Waals surface area contributed by atoms with Crippen LogP contribution >= 0.6 is 0 Å². The molecular formula is C15H19F2N3O. The number of nitrogens with zero attached hydrogens (tertiary/aromatic N) is 1. The van der Waals surface area contributed by atoms with E-state index in [0.29, 0.717) is 6.04 Å². The molecule has 2 unspecified atom stereocenters. The monoisotopic (exact) mass is 295 g/mol. The van der Waals surface area contributed by atoms with Gasteiger partial charge in [0.1, 0.15) is 5.82 Å². The highest BCUT2D eigenvalue weighted by Crippen LogP contribution is 2.27. The first-order valence-corrected chi connectivity index (χ1v) is 7.34. The highest BCUT2D eigenvalue weighted by Gasteiger charge is 2.32. The Morgan fingerprint density at radius 2 is 2.10 bits per heavy atom. The highest BCUT2D eigenvalue weighted by molar-refractivity contribution is 5.95. The van der Waals surface area contributed by atoms with Gasteiger partial charge in [0.2, 0.25) is 0 Å². The highest BCUT2D eigenvalue weighted by atomic mass is 19.1. The average molecular weight is 295 g/mol. The van der Waals surface area contributed by atoms with E-state index in [2.05, 4.69) is 10.2 Å². The molecule has 1 aromatic rings. The molecule has 3 N–H and O–H groups in total. The third-order valence-corrected chi connectivity index (χ3v) is 4.47. The zero-order chi connectivity index (χ0) is 15.0. The van der Waals surface area contributed by atoms with E-state index < -0.39 is 17.5 Å². The van der Waals surface area contributed by atoms with Gasteiger partial charge in [0.05, 0.1) is 11.3 Å². The standard InChI is InChI=1S/C15H19F2N3O/c16-9-6-12(14(17)13(18)7-9)15(21)19-10-3-5-20-4-1-2-11(20)8-10/h6-7,10-11H,1-5,8,18H2,(H,19,21). The lowest BCUT2D eigenvalue weighted by Crippen LogP contribution is -2.47. The van der Waals surface area contributed by atoms with Crippen molar-refractivity contribution in [3.05, 3.63) is 29.3 Å². The third kappa shape index (κ3) is 2.85. The first kappa shape index (κ1) is 14.3. The van der Waals surface area contributed by atoms with Crippen LogP contribution in [0.3, 0.4) is 0 Å². The molecule has 114 valence electrons. The summed E-state index contributed by atoms with van der Waals surface area (Å²) < 4.78 is 27.1. The van der Waals surface area contributed by atoms with Gasteiger partial charge in [0.15, 0.2) is 5.82 Å². The van der Waals surface area contributed by atoms with Crippen molar-refractivity contribution >= 4 is 11.6 Å². The van der Waals surface area contributed by atoms with E-state index in [-0.39, 0.29) is 17.3 Å². The van der Waals surface area contributed by atoms with Gasteiger partial charge in [-0.15, -0.1) is 0 Å². The van der Waals surface area contributed by atoms with Crippen molar-refractivity contribution in [1.82, 2.24) is 10.2 Å². The van der Waals surface area contributed by atoms with E-state index in [0.717, 1.165) is 44.5 Å². The van der Waals surface area contributed by atoms with Gasteiger partial charge in [0, 0.05) is 18.6 Å². The van der Waals surface area contributed by atoms with Crippen LogP contribution in [0, 0.1) is 11.6 Å². The molecule has 0 spiro atoms. The fraction of sp³-hybridized carbons (Fsp3) is 0.533. The van der Waals surface area contributed by atoms with Crippen LogP contribution in [-0.2, 0) is 0 Å². The van der Waals surface area contributed by atoms with Crippen LogP contribution in [0.2, 0.25) is 0 Å². The molecule has 0 radical (unpaired) electrons. The summed E-state index contributed by atoms with van der Waals surface area (Å²) in [5.41, 5.74) is 4.70. The second-order valence-corrected chi connectivity index (χ2v) is 5.88. The molecule has 3 rings (SSSR count). The number of nitrogens with one attached hydrogen (secondary N) is 1. The summed E-state index contributed by atoms with van der Waals surface area (Å²) in [6.45, 7) is 2.07. The van der Waals surface area contributed by atoms with Gasteiger partial charge in [-0.2, -0.15) is 0 Å². The SMILES string of the molecule is Nc1cc(F)cc(C(=O)NC2CCN3CCCC3C2)c1F. The van der Waals surface area contributed by atoms with Crippen molar-refractivity contribution in [3.63, 3.8) is 0 Å². The van der Waals surface area contributed by atoms with E-state index in [4.69, 9.17) is 5.73 Å². The predicted molar refractivity (Wildman–Crippen MR) is 75.9 cm³/mol. The molecule has 0 bridgehead atoms. The molecule has 4 nitrogen and oxygen atoms in total. The number of nitrogens with two attached hydrogens (primary N) is 1. The molecule has 2 heterocycles. The Morgan fingerprint density at radius 1 is 1.29 bits per heavy atom. The number of fused-ring (bicyclic) bond motifs is 1. The second-order valence-electron chi connectivity index (χ2n) is 5.88. The first-order valence-electron chi connectivity index (χ1n) is 7.34. The Hall–Kier alpha value is -1.69. The zero-order valence-corrected chi connectivity index (χ0v) is 11.7. The lowest BCUT2D eigenvalue weighted by atomic mass is 9.97. The molecule has 1 aromatic carbocycles. The lowest BCUT2D eigenvalue weighted by molar-refractivity contribution is 0.0892. The van der Waals surface area contributed by atoms with Gasteiger partial charge in [-0.1, -0.05) is 0 Å². The van der Waals surface area contributed by atoms with E-state index in [1.807, 2.05) is 0 Å². The van der Waals surface area contributed by atoms with Crippen LogP contribution in [0.4, 0.5) is 14.5 Å². The molecule has 0 saturated carbocycles. The Kier molecular flexibility index (Phi) is 3.80. The maximum Gasteiger partial charge on any atom is 0.254 e. The third-order valence-electron chi connectivity index (χ3n) is 4.47. The molecule has 0 aromatic heterocycles. The zero-order valence-electron chi connectivity index (χ0n) is 11.7. The number of hydrogen-bond acceptors (Lipinski definition) is 3. The smallest absolute Gasteiger partial charge is 0.254 e. The van der Waals surface area contributed by atoms with Gasteiger partial charge in [-0.05, 0) is 44.4 Å². The number of piperidine rings is 1. The minimum atomic E-state index is -0.854. The lowest BCUT2D eigenvalue weighted by Gasteiger charge is -2.35. The number of carbonyl (C=O) groups is 1. The molecule has 2 fully saturated rings. The first-order chi connectivity index (χ1) is 10.0. The van der Waals surface area contributed by atoms with Crippen LogP contribution < -0.4 is 11.1 Å². The predicted octanol–water partition coefficient (Wildman–Crippen LogP) is 1.90. The summed E-state index contributed by atoms with van der Waals surface area (Å²) >= 11 is 0.